The molecule has 47 heavy (non-hydrogen) atoms. The van der Waals surface area contributed by atoms with Gasteiger partial charge in [-0.15, -0.1) is 0 Å². The summed E-state index contributed by atoms with van der Waals surface area (Å²) in [5.41, 5.74) is 10.5. The molecule has 8 aromatic carbocycles. The van der Waals surface area contributed by atoms with Crippen LogP contribution in [0.4, 0.5) is 17.1 Å². The van der Waals surface area contributed by atoms with Gasteiger partial charge < -0.3 is 9.32 Å². The summed E-state index contributed by atoms with van der Waals surface area (Å²) in [5.74, 6) is 0. The highest BCUT2D eigenvalue weighted by Crippen LogP contribution is 2.52. The third-order valence-electron chi connectivity index (χ3n) is 10.4. The summed E-state index contributed by atoms with van der Waals surface area (Å²) < 4.78 is 6.54. The van der Waals surface area contributed by atoms with Crippen LogP contribution in [0.5, 0.6) is 0 Å². The van der Waals surface area contributed by atoms with Gasteiger partial charge in [0.1, 0.15) is 5.58 Å². The van der Waals surface area contributed by atoms with Gasteiger partial charge in [-0.25, -0.2) is 0 Å². The van der Waals surface area contributed by atoms with E-state index in [1.807, 2.05) is 12.1 Å². The average Bonchev–Trinajstić information content (AvgIpc) is 3.61. The van der Waals surface area contributed by atoms with E-state index in [4.69, 9.17) is 4.42 Å². The second kappa shape index (κ2) is 9.57. The van der Waals surface area contributed by atoms with Crippen molar-refractivity contribution in [3.8, 4) is 11.1 Å². The van der Waals surface area contributed by atoms with Crippen LogP contribution in [0.1, 0.15) is 25.0 Å². The maximum Gasteiger partial charge on any atom is 0.159 e. The Balaban J connectivity index is 1.21. The third-order valence-corrected chi connectivity index (χ3v) is 10.4. The van der Waals surface area contributed by atoms with Gasteiger partial charge in [-0.3, -0.25) is 0 Å². The van der Waals surface area contributed by atoms with Crippen LogP contribution in [0, 0.1) is 0 Å². The molecule has 222 valence electrons. The van der Waals surface area contributed by atoms with E-state index in [0.717, 1.165) is 39.0 Å². The van der Waals surface area contributed by atoms with Crippen molar-refractivity contribution in [2.75, 3.05) is 4.90 Å². The lowest BCUT2D eigenvalue weighted by atomic mass is 9.79. The summed E-state index contributed by atoms with van der Waals surface area (Å²) >= 11 is 0. The zero-order valence-corrected chi connectivity index (χ0v) is 26.3. The van der Waals surface area contributed by atoms with Crippen molar-refractivity contribution in [3.05, 3.63) is 163 Å². The molecule has 2 nitrogen and oxygen atoms in total. The SMILES string of the molecule is CC1(C)c2ccccc2-c2ccc3c(ccc4ccc5cc(N(c6ccccc6)c6cccc7c6oc6ccccc67)ccc5c43)c21. The van der Waals surface area contributed by atoms with Gasteiger partial charge in [-0.1, -0.05) is 129 Å². The number of fused-ring (bicyclic) bond motifs is 12. The van der Waals surface area contributed by atoms with Crippen molar-refractivity contribution in [3.63, 3.8) is 0 Å². The minimum Gasteiger partial charge on any atom is -0.454 e. The van der Waals surface area contributed by atoms with Crippen molar-refractivity contribution < 1.29 is 4.42 Å². The molecule has 1 heterocycles. The van der Waals surface area contributed by atoms with Crippen LogP contribution < -0.4 is 4.90 Å². The molecule has 1 aliphatic carbocycles. The predicted molar refractivity (Wildman–Crippen MR) is 198 cm³/mol. The smallest absolute Gasteiger partial charge is 0.159 e. The van der Waals surface area contributed by atoms with E-state index < -0.39 is 0 Å². The minimum absolute atomic E-state index is 0.0648. The van der Waals surface area contributed by atoms with Gasteiger partial charge in [0.2, 0.25) is 0 Å². The minimum atomic E-state index is -0.0648. The fourth-order valence-corrected chi connectivity index (χ4v) is 8.30. The summed E-state index contributed by atoms with van der Waals surface area (Å²) in [6.45, 7) is 4.74. The maximum absolute atomic E-state index is 6.54. The summed E-state index contributed by atoms with van der Waals surface area (Å²) in [6, 6.07) is 55.0. The van der Waals surface area contributed by atoms with Crippen LogP contribution in [0.15, 0.2) is 156 Å². The van der Waals surface area contributed by atoms with Gasteiger partial charge in [0.15, 0.2) is 5.58 Å². The molecule has 0 saturated carbocycles. The van der Waals surface area contributed by atoms with Gasteiger partial charge in [0.25, 0.3) is 0 Å². The molecule has 0 spiro atoms. The quantitative estimate of drug-likeness (QED) is 0.187. The first-order valence-corrected chi connectivity index (χ1v) is 16.4. The van der Waals surface area contributed by atoms with E-state index in [9.17, 15) is 0 Å². The number of benzene rings is 8. The second-order valence-electron chi connectivity index (χ2n) is 13.3. The first-order chi connectivity index (χ1) is 23.1. The number of para-hydroxylation sites is 3. The van der Waals surface area contributed by atoms with Gasteiger partial charge in [-0.05, 0) is 91.0 Å². The maximum atomic E-state index is 6.54. The molecule has 0 radical (unpaired) electrons. The molecular formula is C45H31NO. The lowest BCUT2D eigenvalue weighted by Crippen LogP contribution is -2.15. The zero-order chi connectivity index (χ0) is 31.3. The highest BCUT2D eigenvalue weighted by atomic mass is 16.3. The van der Waals surface area contributed by atoms with Gasteiger partial charge >= 0.3 is 0 Å². The van der Waals surface area contributed by atoms with Crippen LogP contribution in [-0.2, 0) is 5.41 Å². The lowest BCUT2D eigenvalue weighted by molar-refractivity contribution is 0.666. The second-order valence-corrected chi connectivity index (χ2v) is 13.3. The molecule has 1 aromatic heterocycles. The number of furan rings is 1. The molecule has 0 bridgehead atoms. The Morgan fingerprint density at radius 3 is 2.13 bits per heavy atom. The Bertz CT molecular complexity index is 2720. The lowest BCUT2D eigenvalue weighted by Gasteiger charge is -2.26. The zero-order valence-electron chi connectivity index (χ0n) is 26.3. The molecular weight excluding hydrogens is 571 g/mol. The monoisotopic (exact) mass is 601 g/mol. The normalized spacial score (nSPS) is 13.5. The predicted octanol–water partition coefficient (Wildman–Crippen LogP) is 12.8. The Labute approximate surface area is 273 Å². The van der Waals surface area contributed by atoms with Crippen molar-refractivity contribution in [2.24, 2.45) is 0 Å². The van der Waals surface area contributed by atoms with Crippen LogP contribution >= 0.6 is 0 Å². The van der Waals surface area contributed by atoms with E-state index in [1.165, 1.54) is 54.6 Å². The molecule has 0 fully saturated rings. The molecule has 0 unspecified atom stereocenters. The number of hydrogen-bond donors (Lipinski definition) is 0. The molecule has 2 heteroatoms. The van der Waals surface area contributed by atoms with E-state index in [-0.39, 0.29) is 5.41 Å². The Morgan fingerprint density at radius 2 is 1.21 bits per heavy atom. The average molecular weight is 602 g/mol. The van der Waals surface area contributed by atoms with Crippen molar-refractivity contribution in [1.29, 1.82) is 0 Å². The topological polar surface area (TPSA) is 16.4 Å². The Kier molecular flexibility index (Phi) is 5.37. The first kappa shape index (κ1) is 26.4. The molecule has 1 aliphatic rings. The molecule has 10 rings (SSSR count). The summed E-state index contributed by atoms with van der Waals surface area (Å²) in [5, 5.41) is 9.96. The molecule has 0 saturated heterocycles. The Hall–Kier alpha value is -5.86. The number of anilines is 3. The van der Waals surface area contributed by atoms with Crippen molar-refractivity contribution in [1.82, 2.24) is 0 Å². The molecule has 0 amide bonds. The highest BCUT2D eigenvalue weighted by Gasteiger charge is 2.36. The molecule has 0 atom stereocenters. The van der Waals surface area contributed by atoms with Gasteiger partial charge in [-0.2, -0.15) is 0 Å². The number of nitrogens with zero attached hydrogens (tertiary/aromatic N) is 1. The van der Waals surface area contributed by atoms with Crippen LogP contribution in [0.2, 0.25) is 0 Å². The number of rotatable bonds is 3. The molecule has 0 N–H and O–H groups in total. The summed E-state index contributed by atoms with van der Waals surface area (Å²) in [4.78, 5) is 2.32. The number of hydrogen-bond acceptors (Lipinski definition) is 2. The van der Waals surface area contributed by atoms with Crippen molar-refractivity contribution in [2.45, 2.75) is 19.3 Å². The van der Waals surface area contributed by atoms with E-state index in [0.29, 0.717) is 0 Å². The van der Waals surface area contributed by atoms with E-state index >= 15 is 0 Å². The fourth-order valence-electron chi connectivity index (χ4n) is 8.30. The van der Waals surface area contributed by atoms with Gasteiger partial charge in [0, 0.05) is 27.6 Å². The van der Waals surface area contributed by atoms with Crippen molar-refractivity contribution >= 4 is 71.3 Å². The van der Waals surface area contributed by atoms with Crippen LogP contribution in [0.3, 0.4) is 0 Å². The van der Waals surface area contributed by atoms with E-state index in [1.54, 1.807) is 0 Å². The summed E-state index contributed by atoms with van der Waals surface area (Å²) in [7, 11) is 0. The van der Waals surface area contributed by atoms with Gasteiger partial charge in [0.05, 0.1) is 5.69 Å². The van der Waals surface area contributed by atoms with E-state index in [2.05, 4.69) is 158 Å². The summed E-state index contributed by atoms with van der Waals surface area (Å²) in [6.07, 6.45) is 0. The molecule has 0 aliphatic heterocycles. The van der Waals surface area contributed by atoms with Crippen LogP contribution in [0.25, 0.3) is 65.4 Å². The van der Waals surface area contributed by atoms with Crippen LogP contribution in [-0.4, -0.2) is 0 Å². The largest absolute Gasteiger partial charge is 0.454 e. The third kappa shape index (κ3) is 3.67. The first-order valence-electron chi connectivity index (χ1n) is 16.4. The standard InChI is InChI=1S/C45H31NO/c1-45(2)39-16-8-6-13-33(39)36-26-25-35-37(43(36)45)23-21-28-19-20-29-27-31(22-24-32(29)42(28)35)46(30-11-4-3-5-12-30)40-17-10-15-38-34-14-7-9-18-41(34)47-44(38)40/h3-27H,1-2H3. The Morgan fingerprint density at radius 1 is 0.489 bits per heavy atom. The highest BCUT2D eigenvalue weighted by molar-refractivity contribution is 6.22. The molecule has 9 aromatic rings. The fraction of sp³-hybridized carbons (Fsp3) is 0.0667.